The Bertz CT molecular complexity index is 1040. The van der Waals surface area contributed by atoms with Gasteiger partial charge in [-0.2, -0.15) is 5.26 Å². The fraction of sp³-hybridized carbons (Fsp3) is 0.429. The first-order valence-electron chi connectivity index (χ1n) is 9.27. The summed E-state index contributed by atoms with van der Waals surface area (Å²) in [5.41, 5.74) is 2.79. The largest absolute Gasteiger partial charge is 0.379 e. The van der Waals surface area contributed by atoms with Crippen LogP contribution >= 0.6 is 27.7 Å². The van der Waals surface area contributed by atoms with Gasteiger partial charge in [0.05, 0.1) is 21.8 Å². The van der Waals surface area contributed by atoms with E-state index in [4.69, 9.17) is 5.26 Å². The molecular weight excluding hydrogens is 439 g/mol. The lowest BCUT2D eigenvalue weighted by atomic mass is 9.80. The van der Waals surface area contributed by atoms with Gasteiger partial charge < -0.3 is 10.6 Å². The Morgan fingerprint density at radius 3 is 2.93 bits per heavy atom. The maximum atomic E-state index is 15.2. The molecule has 3 heterocycles. The number of hydrogen-bond donors (Lipinski definition) is 2. The zero-order valence-electron chi connectivity index (χ0n) is 15.7. The molecule has 4 nitrogen and oxygen atoms in total. The zero-order valence-corrected chi connectivity index (χ0v) is 18.1. The van der Waals surface area contributed by atoms with E-state index < -0.39 is 0 Å². The third-order valence-corrected chi connectivity index (χ3v) is 7.14. The van der Waals surface area contributed by atoms with Crippen LogP contribution in [0.4, 0.5) is 10.1 Å². The van der Waals surface area contributed by atoms with Gasteiger partial charge in [-0.1, -0.05) is 5.92 Å². The van der Waals surface area contributed by atoms with Crippen LogP contribution in [0.5, 0.6) is 0 Å². The molecule has 5 rings (SSSR count). The van der Waals surface area contributed by atoms with Crippen molar-refractivity contribution in [1.82, 2.24) is 10.3 Å². The first-order valence-corrected chi connectivity index (χ1v) is 11.3. The van der Waals surface area contributed by atoms with Gasteiger partial charge in [-0.05, 0) is 59.5 Å². The maximum absolute atomic E-state index is 15.2. The van der Waals surface area contributed by atoms with E-state index in [0.717, 1.165) is 33.8 Å². The highest BCUT2D eigenvalue weighted by Gasteiger charge is 2.47. The molecule has 28 heavy (non-hydrogen) atoms. The number of aromatic nitrogens is 1. The van der Waals surface area contributed by atoms with Crippen LogP contribution in [-0.2, 0) is 6.42 Å². The van der Waals surface area contributed by atoms with Crippen molar-refractivity contribution in [1.29, 1.82) is 5.26 Å². The second-order valence-corrected chi connectivity index (χ2v) is 8.73. The second-order valence-electron chi connectivity index (χ2n) is 7.14. The summed E-state index contributed by atoms with van der Waals surface area (Å²) in [4.78, 5) is 4.59. The minimum Gasteiger partial charge on any atom is -0.379 e. The van der Waals surface area contributed by atoms with Crippen LogP contribution in [0.2, 0.25) is 0 Å². The van der Waals surface area contributed by atoms with E-state index in [1.807, 2.05) is 12.3 Å². The summed E-state index contributed by atoms with van der Waals surface area (Å²) < 4.78 is 15.6. The van der Waals surface area contributed by atoms with Crippen molar-refractivity contribution in [3.63, 3.8) is 0 Å². The molecule has 1 aliphatic carbocycles. The molecule has 0 unspecified atom stereocenters. The van der Waals surface area contributed by atoms with Gasteiger partial charge in [-0.3, -0.25) is 0 Å². The highest BCUT2D eigenvalue weighted by Crippen LogP contribution is 2.41. The summed E-state index contributed by atoms with van der Waals surface area (Å²) in [6.45, 7) is 2.82. The number of aryl methyl sites for hydroxylation is 1. The van der Waals surface area contributed by atoms with E-state index in [1.54, 1.807) is 6.92 Å². The normalized spacial score (nSPS) is 22.3. The standard InChI is InChI=1S/C21H20BrFN4S/c1-3-5-13-19(26-18-12-9-15(18)25-10-12)14-8-11(6-4-7-24)16(22)17(23)20(14)27-21(13)28-2/h8,12,15,18,25H,4,6,9-10H2,1-2H3,(H,26,27)/t12-,15-,18-/m1/s1. The molecule has 1 aromatic carbocycles. The van der Waals surface area contributed by atoms with Gasteiger partial charge in [0.15, 0.2) is 5.82 Å². The number of benzene rings is 1. The van der Waals surface area contributed by atoms with Crippen molar-refractivity contribution in [2.45, 2.75) is 43.3 Å². The minimum atomic E-state index is -0.380. The predicted molar refractivity (Wildman–Crippen MR) is 115 cm³/mol. The highest BCUT2D eigenvalue weighted by molar-refractivity contribution is 9.10. The Balaban J connectivity index is 1.94. The lowest BCUT2D eigenvalue weighted by Gasteiger charge is -2.36. The highest BCUT2D eigenvalue weighted by atomic mass is 79.9. The second kappa shape index (κ2) is 7.91. The van der Waals surface area contributed by atoms with Gasteiger partial charge in [0.2, 0.25) is 0 Å². The molecule has 1 aromatic heterocycles. The summed E-state index contributed by atoms with van der Waals surface area (Å²) in [6, 6.07) is 4.87. The molecule has 3 aliphatic rings. The Kier molecular flexibility index (Phi) is 5.51. The smallest absolute Gasteiger partial charge is 0.163 e. The molecule has 2 aliphatic heterocycles. The van der Waals surface area contributed by atoms with Gasteiger partial charge in [0.25, 0.3) is 0 Å². The van der Waals surface area contributed by atoms with Crippen LogP contribution in [-0.4, -0.2) is 29.9 Å². The third kappa shape index (κ3) is 3.16. The molecule has 144 valence electrons. The average molecular weight is 459 g/mol. The number of anilines is 1. The summed E-state index contributed by atoms with van der Waals surface area (Å²) >= 11 is 4.84. The number of rotatable bonds is 5. The third-order valence-electron chi connectivity index (χ3n) is 5.60. The Labute approximate surface area is 176 Å². The number of nitrogens with one attached hydrogen (secondary N) is 2. The van der Waals surface area contributed by atoms with E-state index in [2.05, 4.69) is 49.5 Å². The number of thioether (sulfide) groups is 1. The molecule has 0 amide bonds. The van der Waals surface area contributed by atoms with Crippen LogP contribution in [0.3, 0.4) is 0 Å². The molecule has 2 N–H and O–H groups in total. The molecule has 2 saturated heterocycles. The minimum absolute atomic E-state index is 0.326. The van der Waals surface area contributed by atoms with E-state index in [1.165, 1.54) is 18.2 Å². The van der Waals surface area contributed by atoms with Gasteiger partial charge in [0, 0.05) is 30.4 Å². The molecular formula is C21H20BrFN4S. The van der Waals surface area contributed by atoms with Crippen molar-refractivity contribution >= 4 is 44.3 Å². The molecule has 0 spiro atoms. The van der Waals surface area contributed by atoms with E-state index in [-0.39, 0.29) is 5.82 Å². The topological polar surface area (TPSA) is 60.7 Å². The van der Waals surface area contributed by atoms with Crippen molar-refractivity contribution in [3.05, 3.63) is 27.5 Å². The molecule has 1 saturated carbocycles. The molecule has 3 fully saturated rings. The van der Waals surface area contributed by atoms with Crippen LogP contribution in [0.25, 0.3) is 10.9 Å². The quantitative estimate of drug-likeness (QED) is 0.511. The average Bonchev–Trinajstić information content (AvgIpc) is 3.33. The van der Waals surface area contributed by atoms with E-state index in [9.17, 15) is 0 Å². The van der Waals surface area contributed by atoms with Gasteiger partial charge in [0.1, 0.15) is 10.5 Å². The summed E-state index contributed by atoms with van der Waals surface area (Å²) in [7, 11) is 0. The fourth-order valence-electron chi connectivity index (χ4n) is 4.14. The first-order chi connectivity index (χ1) is 13.6. The number of fused-ring (bicyclic) bond motifs is 2. The Hall–Kier alpha value is -1.80. The predicted octanol–water partition coefficient (Wildman–Crippen LogP) is 4.46. The molecule has 2 aromatic rings. The Morgan fingerprint density at radius 2 is 2.32 bits per heavy atom. The van der Waals surface area contributed by atoms with E-state index >= 15 is 4.39 Å². The molecule has 2 bridgehead atoms. The van der Waals surface area contributed by atoms with Crippen LogP contribution in [0.1, 0.15) is 30.9 Å². The van der Waals surface area contributed by atoms with Crippen molar-refractivity contribution in [2.75, 3.05) is 18.1 Å². The number of halogens is 2. The van der Waals surface area contributed by atoms with Gasteiger partial charge in [-0.15, -0.1) is 17.7 Å². The summed E-state index contributed by atoms with van der Waals surface area (Å²) in [5, 5.41) is 17.6. The van der Waals surface area contributed by atoms with Crippen LogP contribution in [0, 0.1) is 34.9 Å². The molecule has 3 atom stereocenters. The number of hydrogen-bond acceptors (Lipinski definition) is 5. The lowest BCUT2D eigenvalue weighted by molar-refractivity contribution is 0.327. The SMILES string of the molecule is CC#Cc1c(SC)nc2c(F)c(Br)c(CCC#N)cc2c1N[C@@H]1[C@H]2CN[C@@H]1C2. The first kappa shape index (κ1) is 19.5. The fourth-order valence-corrected chi connectivity index (χ4v) is 5.18. The van der Waals surface area contributed by atoms with Crippen molar-refractivity contribution in [3.8, 4) is 17.9 Å². The summed E-state index contributed by atoms with van der Waals surface area (Å²) in [5.74, 6) is 6.38. The maximum Gasteiger partial charge on any atom is 0.163 e. The number of nitriles is 1. The Morgan fingerprint density at radius 1 is 1.50 bits per heavy atom. The van der Waals surface area contributed by atoms with Crippen LogP contribution < -0.4 is 10.6 Å². The van der Waals surface area contributed by atoms with Gasteiger partial charge >= 0.3 is 0 Å². The lowest BCUT2D eigenvalue weighted by Crippen LogP contribution is -2.47. The monoisotopic (exact) mass is 458 g/mol. The van der Waals surface area contributed by atoms with Gasteiger partial charge in [-0.25, -0.2) is 9.37 Å². The van der Waals surface area contributed by atoms with E-state index in [0.29, 0.717) is 40.8 Å². The van der Waals surface area contributed by atoms with Crippen LogP contribution in [0.15, 0.2) is 15.6 Å². The summed E-state index contributed by atoms with van der Waals surface area (Å²) in [6.07, 6.45) is 3.93. The zero-order chi connectivity index (χ0) is 19.8. The number of pyridine rings is 1. The van der Waals surface area contributed by atoms with Crippen molar-refractivity contribution < 1.29 is 4.39 Å². The molecule has 7 heteroatoms. The number of nitrogens with zero attached hydrogens (tertiary/aromatic N) is 2. The van der Waals surface area contributed by atoms with Crippen molar-refractivity contribution in [2.24, 2.45) is 5.92 Å². The molecule has 0 radical (unpaired) electrons.